The van der Waals surface area contributed by atoms with Crippen molar-refractivity contribution < 1.29 is 4.74 Å². The van der Waals surface area contributed by atoms with Crippen molar-refractivity contribution in [2.75, 3.05) is 19.8 Å². The van der Waals surface area contributed by atoms with Crippen LogP contribution in [0.5, 0.6) is 0 Å². The van der Waals surface area contributed by atoms with Crippen molar-refractivity contribution in [3.63, 3.8) is 0 Å². The molecule has 16 heavy (non-hydrogen) atoms. The summed E-state index contributed by atoms with van der Waals surface area (Å²) in [6.07, 6.45) is 9.71. The molecule has 2 unspecified atom stereocenters. The maximum atomic E-state index is 5.50. The molecule has 1 saturated heterocycles. The zero-order chi connectivity index (χ0) is 11.2. The van der Waals surface area contributed by atoms with Gasteiger partial charge in [0.15, 0.2) is 0 Å². The van der Waals surface area contributed by atoms with Gasteiger partial charge in [0.05, 0.1) is 0 Å². The molecule has 2 atom stereocenters. The van der Waals surface area contributed by atoms with Crippen LogP contribution in [0.25, 0.3) is 0 Å². The van der Waals surface area contributed by atoms with E-state index in [0.29, 0.717) is 0 Å². The lowest BCUT2D eigenvalue weighted by Crippen LogP contribution is -2.37. The highest BCUT2D eigenvalue weighted by atomic mass is 16.5. The number of nitrogens with one attached hydrogen (secondary N) is 1. The van der Waals surface area contributed by atoms with E-state index >= 15 is 0 Å². The van der Waals surface area contributed by atoms with Crippen molar-refractivity contribution in [2.45, 2.75) is 57.9 Å². The molecule has 2 aliphatic rings. The first-order valence-corrected chi connectivity index (χ1v) is 7.21. The van der Waals surface area contributed by atoms with Gasteiger partial charge in [-0.05, 0) is 50.5 Å². The average Bonchev–Trinajstić information content (AvgIpc) is 2.96. The van der Waals surface area contributed by atoms with Crippen molar-refractivity contribution in [2.24, 2.45) is 11.8 Å². The van der Waals surface area contributed by atoms with Gasteiger partial charge in [-0.2, -0.15) is 0 Å². The second kappa shape index (κ2) is 6.61. The summed E-state index contributed by atoms with van der Waals surface area (Å²) in [6.45, 7) is 5.46. The van der Waals surface area contributed by atoms with Gasteiger partial charge in [0, 0.05) is 19.3 Å². The Bertz CT molecular complexity index is 183. The number of hydrogen-bond donors (Lipinski definition) is 1. The highest BCUT2D eigenvalue weighted by Crippen LogP contribution is 2.31. The van der Waals surface area contributed by atoms with E-state index in [2.05, 4.69) is 12.2 Å². The summed E-state index contributed by atoms with van der Waals surface area (Å²) in [5, 5.41) is 3.78. The topological polar surface area (TPSA) is 21.3 Å². The summed E-state index contributed by atoms with van der Waals surface area (Å²) < 4.78 is 5.50. The van der Waals surface area contributed by atoms with Crippen LogP contribution < -0.4 is 5.32 Å². The van der Waals surface area contributed by atoms with Crippen LogP contribution in [-0.4, -0.2) is 25.8 Å². The van der Waals surface area contributed by atoms with E-state index in [1.165, 1.54) is 51.5 Å². The molecule has 94 valence electrons. The summed E-state index contributed by atoms with van der Waals surface area (Å²) in [4.78, 5) is 0. The molecule has 0 radical (unpaired) electrons. The molecule has 2 rings (SSSR count). The molecule has 0 aromatic carbocycles. The largest absolute Gasteiger partial charge is 0.381 e. The van der Waals surface area contributed by atoms with Gasteiger partial charge in [0.2, 0.25) is 0 Å². The van der Waals surface area contributed by atoms with Crippen molar-refractivity contribution in [1.82, 2.24) is 5.32 Å². The molecule has 1 N–H and O–H groups in total. The Labute approximate surface area is 100 Å². The van der Waals surface area contributed by atoms with Crippen LogP contribution in [0, 0.1) is 11.8 Å². The predicted octanol–water partition coefficient (Wildman–Crippen LogP) is 2.97. The van der Waals surface area contributed by atoms with Crippen LogP contribution in [-0.2, 0) is 4.74 Å². The van der Waals surface area contributed by atoms with Gasteiger partial charge < -0.3 is 10.1 Å². The lowest BCUT2D eigenvalue weighted by Gasteiger charge is -2.27. The summed E-state index contributed by atoms with van der Waals surface area (Å²) in [5.41, 5.74) is 0. The van der Waals surface area contributed by atoms with E-state index in [1.807, 2.05) is 0 Å². The Morgan fingerprint density at radius 2 is 2.06 bits per heavy atom. The third kappa shape index (κ3) is 3.46. The van der Waals surface area contributed by atoms with Gasteiger partial charge in [-0.15, -0.1) is 0 Å². The Morgan fingerprint density at radius 1 is 1.25 bits per heavy atom. The molecule has 1 aliphatic carbocycles. The van der Waals surface area contributed by atoms with Crippen LogP contribution in [0.15, 0.2) is 0 Å². The maximum absolute atomic E-state index is 5.50. The van der Waals surface area contributed by atoms with E-state index in [9.17, 15) is 0 Å². The molecule has 0 bridgehead atoms. The zero-order valence-corrected chi connectivity index (χ0v) is 10.7. The minimum atomic E-state index is 0.772. The molecular weight excluding hydrogens is 198 g/mol. The van der Waals surface area contributed by atoms with Gasteiger partial charge in [-0.3, -0.25) is 0 Å². The quantitative estimate of drug-likeness (QED) is 0.750. The van der Waals surface area contributed by atoms with Crippen molar-refractivity contribution in [3.05, 3.63) is 0 Å². The monoisotopic (exact) mass is 225 g/mol. The standard InChI is InChI=1S/C14H27NO/c1-2-8-15-14(13-5-3-4-6-13)10-12-7-9-16-11-12/h12-15H,2-11H2,1H3. The van der Waals surface area contributed by atoms with Gasteiger partial charge in [-0.25, -0.2) is 0 Å². The number of rotatable bonds is 6. The molecular formula is C14H27NO. The molecule has 0 aromatic heterocycles. The second-order valence-corrected chi connectivity index (χ2v) is 5.57. The Balaban J connectivity index is 1.80. The van der Waals surface area contributed by atoms with Crippen LogP contribution in [0.4, 0.5) is 0 Å². The fourth-order valence-electron chi connectivity index (χ4n) is 3.26. The molecule has 0 spiro atoms. The number of hydrogen-bond acceptors (Lipinski definition) is 2. The molecule has 1 saturated carbocycles. The van der Waals surface area contributed by atoms with Crippen molar-refractivity contribution in [3.8, 4) is 0 Å². The van der Waals surface area contributed by atoms with E-state index < -0.39 is 0 Å². The highest BCUT2D eigenvalue weighted by Gasteiger charge is 2.28. The van der Waals surface area contributed by atoms with E-state index in [-0.39, 0.29) is 0 Å². The first-order chi connectivity index (χ1) is 7.90. The van der Waals surface area contributed by atoms with Crippen LogP contribution in [0.2, 0.25) is 0 Å². The van der Waals surface area contributed by atoms with Gasteiger partial charge in [0.25, 0.3) is 0 Å². The highest BCUT2D eigenvalue weighted by molar-refractivity contribution is 4.83. The smallest absolute Gasteiger partial charge is 0.0495 e. The van der Waals surface area contributed by atoms with Crippen LogP contribution in [0.1, 0.15) is 51.9 Å². The molecule has 0 amide bonds. The summed E-state index contributed by atoms with van der Waals surface area (Å²) in [6, 6.07) is 0.772. The van der Waals surface area contributed by atoms with Gasteiger partial charge in [-0.1, -0.05) is 19.8 Å². The Kier molecular flexibility index (Phi) is 5.11. The maximum Gasteiger partial charge on any atom is 0.0495 e. The summed E-state index contributed by atoms with van der Waals surface area (Å²) >= 11 is 0. The summed E-state index contributed by atoms with van der Waals surface area (Å²) in [5.74, 6) is 1.78. The first kappa shape index (κ1) is 12.4. The third-order valence-electron chi connectivity index (χ3n) is 4.24. The lowest BCUT2D eigenvalue weighted by atomic mass is 9.89. The van der Waals surface area contributed by atoms with Crippen molar-refractivity contribution in [1.29, 1.82) is 0 Å². The van der Waals surface area contributed by atoms with E-state index in [1.54, 1.807) is 0 Å². The average molecular weight is 225 g/mol. The third-order valence-corrected chi connectivity index (χ3v) is 4.24. The second-order valence-electron chi connectivity index (χ2n) is 5.57. The summed E-state index contributed by atoms with van der Waals surface area (Å²) in [7, 11) is 0. The van der Waals surface area contributed by atoms with Gasteiger partial charge in [0.1, 0.15) is 0 Å². The van der Waals surface area contributed by atoms with Crippen LogP contribution in [0.3, 0.4) is 0 Å². The number of ether oxygens (including phenoxy) is 1. The molecule has 1 heterocycles. The Hall–Kier alpha value is -0.0800. The van der Waals surface area contributed by atoms with E-state index in [4.69, 9.17) is 4.74 Å². The normalized spacial score (nSPS) is 28.7. The SMILES string of the molecule is CCCNC(CC1CCOC1)C1CCCC1. The molecule has 2 fully saturated rings. The van der Waals surface area contributed by atoms with Crippen molar-refractivity contribution >= 4 is 0 Å². The lowest BCUT2D eigenvalue weighted by molar-refractivity contribution is 0.177. The zero-order valence-electron chi connectivity index (χ0n) is 10.7. The predicted molar refractivity (Wildman–Crippen MR) is 67.6 cm³/mol. The Morgan fingerprint density at radius 3 is 2.69 bits per heavy atom. The van der Waals surface area contributed by atoms with Gasteiger partial charge >= 0.3 is 0 Å². The first-order valence-electron chi connectivity index (χ1n) is 7.21. The van der Waals surface area contributed by atoms with Crippen LogP contribution >= 0.6 is 0 Å². The minimum Gasteiger partial charge on any atom is -0.381 e. The molecule has 0 aromatic rings. The fourth-order valence-corrected chi connectivity index (χ4v) is 3.26. The fraction of sp³-hybridized carbons (Fsp3) is 1.00. The molecule has 2 heteroatoms. The van der Waals surface area contributed by atoms with E-state index in [0.717, 1.165) is 31.1 Å². The molecule has 2 nitrogen and oxygen atoms in total. The molecule has 1 aliphatic heterocycles. The minimum absolute atomic E-state index is 0.772.